The molecule has 1 aliphatic heterocycles. The SMILES string of the molecule is COc1ncnc(C2CC2)c1-c1ncc2c(n1)N(Cc1ccc(-c3nc(C(C)(F)F)cn3C)c(F)c1)CC(=O)N2C. The van der Waals surface area contributed by atoms with Crippen LogP contribution in [-0.2, 0) is 24.3 Å². The quantitative estimate of drug-likeness (QED) is 0.325. The third kappa shape index (κ3) is 4.85. The first-order chi connectivity index (χ1) is 19.5. The van der Waals surface area contributed by atoms with Crippen molar-refractivity contribution >= 4 is 17.4 Å². The number of fused-ring (bicyclic) bond motifs is 1. The van der Waals surface area contributed by atoms with Gasteiger partial charge in [0.25, 0.3) is 5.92 Å². The van der Waals surface area contributed by atoms with Crippen molar-refractivity contribution in [1.29, 1.82) is 0 Å². The lowest BCUT2D eigenvalue weighted by molar-refractivity contribution is -0.117. The molecule has 1 aliphatic carbocycles. The molecule has 212 valence electrons. The van der Waals surface area contributed by atoms with Gasteiger partial charge < -0.3 is 19.1 Å². The lowest BCUT2D eigenvalue weighted by Gasteiger charge is -2.34. The lowest BCUT2D eigenvalue weighted by Crippen LogP contribution is -2.44. The molecule has 0 atom stereocenters. The van der Waals surface area contributed by atoms with Gasteiger partial charge in [0.15, 0.2) is 11.6 Å². The largest absolute Gasteiger partial charge is 0.480 e. The predicted octanol–water partition coefficient (Wildman–Crippen LogP) is 4.45. The third-order valence-corrected chi connectivity index (χ3v) is 7.31. The Hall–Kier alpha value is -4.55. The second-order valence-corrected chi connectivity index (χ2v) is 10.4. The molecule has 0 bridgehead atoms. The van der Waals surface area contributed by atoms with Crippen LogP contribution in [0.25, 0.3) is 22.8 Å². The van der Waals surface area contributed by atoms with E-state index >= 15 is 4.39 Å². The maximum atomic E-state index is 15.3. The Labute approximate surface area is 233 Å². The lowest BCUT2D eigenvalue weighted by atomic mass is 10.1. The number of aromatic nitrogens is 6. The number of carbonyl (C=O) groups excluding carboxylic acids is 1. The van der Waals surface area contributed by atoms with Crippen LogP contribution in [0.5, 0.6) is 5.88 Å². The number of anilines is 2. The van der Waals surface area contributed by atoms with E-state index in [-0.39, 0.29) is 36.3 Å². The summed E-state index contributed by atoms with van der Waals surface area (Å²) in [5.41, 5.74) is 2.15. The van der Waals surface area contributed by atoms with Crippen molar-refractivity contribution in [2.24, 2.45) is 7.05 Å². The molecule has 10 nitrogen and oxygen atoms in total. The van der Waals surface area contributed by atoms with E-state index in [1.807, 2.05) is 0 Å². The molecule has 0 N–H and O–H groups in total. The van der Waals surface area contributed by atoms with E-state index in [1.165, 1.54) is 48.3 Å². The van der Waals surface area contributed by atoms with E-state index in [1.54, 1.807) is 24.2 Å². The Morgan fingerprint density at radius 2 is 1.90 bits per heavy atom. The molecule has 0 spiro atoms. The fourth-order valence-corrected chi connectivity index (χ4v) is 4.97. The zero-order chi connectivity index (χ0) is 29.1. The van der Waals surface area contributed by atoms with Crippen molar-refractivity contribution in [3.8, 4) is 28.7 Å². The number of carbonyl (C=O) groups is 1. The molecule has 41 heavy (non-hydrogen) atoms. The summed E-state index contributed by atoms with van der Waals surface area (Å²) in [6, 6.07) is 4.50. The van der Waals surface area contributed by atoms with Gasteiger partial charge in [-0.1, -0.05) is 6.07 Å². The minimum absolute atomic E-state index is 0.00946. The highest BCUT2D eigenvalue weighted by Gasteiger charge is 2.34. The molecule has 4 heterocycles. The van der Waals surface area contributed by atoms with Crippen molar-refractivity contribution in [3.63, 3.8) is 0 Å². The molecule has 6 rings (SSSR count). The predicted molar refractivity (Wildman–Crippen MR) is 144 cm³/mol. The van der Waals surface area contributed by atoms with Gasteiger partial charge in [0.1, 0.15) is 34.9 Å². The molecule has 13 heteroatoms. The van der Waals surface area contributed by atoms with Crippen molar-refractivity contribution in [3.05, 3.63) is 59.7 Å². The highest BCUT2D eigenvalue weighted by molar-refractivity contribution is 6.02. The number of benzene rings is 1. The van der Waals surface area contributed by atoms with Gasteiger partial charge in [-0.3, -0.25) is 4.79 Å². The average molecular weight is 565 g/mol. The fourth-order valence-electron chi connectivity index (χ4n) is 4.97. The van der Waals surface area contributed by atoms with Gasteiger partial charge in [0.2, 0.25) is 11.8 Å². The molecule has 4 aromatic rings. The second kappa shape index (κ2) is 9.82. The minimum atomic E-state index is -3.15. The van der Waals surface area contributed by atoms with Gasteiger partial charge in [-0.25, -0.2) is 29.3 Å². The van der Waals surface area contributed by atoms with E-state index in [2.05, 4.69) is 19.9 Å². The van der Waals surface area contributed by atoms with Gasteiger partial charge in [-0.15, -0.1) is 0 Å². The molecule has 3 aromatic heterocycles. The number of hydrogen-bond donors (Lipinski definition) is 0. The Morgan fingerprint density at radius 3 is 2.56 bits per heavy atom. The number of amides is 1. The van der Waals surface area contributed by atoms with Crippen molar-refractivity contribution in [2.45, 2.75) is 38.2 Å². The van der Waals surface area contributed by atoms with Gasteiger partial charge in [0.05, 0.1) is 31.1 Å². The highest BCUT2D eigenvalue weighted by Crippen LogP contribution is 2.45. The minimum Gasteiger partial charge on any atom is -0.480 e. The topological polar surface area (TPSA) is 102 Å². The smallest absolute Gasteiger partial charge is 0.288 e. The van der Waals surface area contributed by atoms with E-state index < -0.39 is 17.4 Å². The molecule has 0 unspecified atom stereocenters. The summed E-state index contributed by atoms with van der Waals surface area (Å²) in [5.74, 6) is -2.34. The Kier molecular flexibility index (Phi) is 6.39. The molecule has 1 aromatic carbocycles. The number of hydrogen-bond acceptors (Lipinski definition) is 8. The van der Waals surface area contributed by atoms with Crippen LogP contribution in [0.1, 0.15) is 42.6 Å². The van der Waals surface area contributed by atoms with E-state index in [4.69, 9.17) is 9.72 Å². The highest BCUT2D eigenvalue weighted by atomic mass is 19.3. The number of rotatable bonds is 7. The zero-order valence-electron chi connectivity index (χ0n) is 22.9. The molecule has 0 saturated heterocycles. The maximum absolute atomic E-state index is 15.3. The van der Waals surface area contributed by atoms with E-state index in [9.17, 15) is 13.6 Å². The molecular weight excluding hydrogens is 537 g/mol. The Balaban J connectivity index is 1.35. The average Bonchev–Trinajstić information content (AvgIpc) is 3.71. The summed E-state index contributed by atoms with van der Waals surface area (Å²) in [4.78, 5) is 38.1. The van der Waals surface area contributed by atoms with Crippen molar-refractivity contribution < 1.29 is 22.7 Å². The number of likely N-dealkylation sites (N-methyl/N-ethyl adjacent to an activating group) is 1. The first-order valence-electron chi connectivity index (χ1n) is 13.0. The summed E-state index contributed by atoms with van der Waals surface area (Å²) in [7, 11) is 4.71. The molecular formula is C28H27F3N8O2. The Morgan fingerprint density at radius 1 is 1.12 bits per heavy atom. The van der Waals surface area contributed by atoms with Crippen LogP contribution < -0.4 is 14.5 Å². The normalized spacial score (nSPS) is 15.3. The van der Waals surface area contributed by atoms with Gasteiger partial charge >= 0.3 is 0 Å². The molecule has 1 amide bonds. The standard InChI is InChI=1S/C28H27F3N8O2/c1-28(30,31)20-12-37(2)25(35-20)17-8-5-15(9-18(17)29)11-39-13-21(40)38(3)19-10-32-24(36-26(19)39)22-23(16-6-7-16)33-14-34-27(22)41-4/h5,8-10,12,14,16H,6-7,11,13H2,1-4H3. The fraction of sp³-hybridized carbons (Fsp3) is 0.357. The van der Waals surface area contributed by atoms with Gasteiger partial charge in [-0.2, -0.15) is 8.78 Å². The number of aryl methyl sites for hydroxylation is 1. The van der Waals surface area contributed by atoms with Gasteiger partial charge in [0, 0.05) is 39.7 Å². The number of nitrogens with zero attached hydrogens (tertiary/aromatic N) is 8. The number of imidazole rings is 1. The monoisotopic (exact) mass is 564 g/mol. The van der Waals surface area contributed by atoms with Crippen molar-refractivity contribution in [2.75, 3.05) is 30.5 Å². The van der Waals surface area contributed by atoms with Crippen LogP contribution in [0.2, 0.25) is 0 Å². The first-order valence-corrected chi connectivity index (χ1v) is 13.0. The second-order valence-electron chi connectivity index (χ2n) is 10.4. The summed E-state index contributed by atoms with van der Waals surface area (Å²) < 4.78 is 49.8. The van der Waals surface area contributed by atoms with E-state index in [0.717, 1.165) is 25.5 Å². The number of halogens is 3. The molecule has 1 saturated carbocycles. The maximum Gasteiger partial charge on any atom is 0.288 e. The Bertz CT molecular complexity index is 1660. The number of alkyl halides is 2. The van der Waals surface area contributed by atoms with Crippen LogP contribution in [0.4, 0.5) is 24.7 Å². The summed E-state index contributed by atoms with van der Waals surface area (Å²) in [5, 5.41) is 0. The summed E-state index contributed by atoms with van der Waals surface area (Å²) in [6.45, 7) is 0.920. The van der Waals surface area contributed by atoms with Crippen LogP contribution in [-0.4, -0.2) is 56.1 Å². The molecule has 0 radical (unpaired) electrons. The molecule has 1 fully saturated rings. The first kappa shape index (κ1) is 26.7. The molecule has 2 aliphatic rings. The van der Waals surface area contributed by atoms with Crippen LogP contribution in [0.15, 0.2) is 36.9 Å². The number of ether oxygens (including phenoxy) is 1. The van der Waals surface area contributed by atoms with E-state index in [0.29, 0.717) is 34.3 Å². The summed E-state index contributed by atoms with van der Waals surface area (Å²) >= 11 is 0. The van der Waals surface area contributed by atoms with Crippen molar-refractivity contribution in [1.82, 2.24) is 29.5 Å². The third-order valence-electron chi connectivity index (χ3n) is 7.31. The zero-order valence-corrected chi connectivity index (χ0v) is 22.9. The van der Waals surface area contributed by atoms with Gasteiger partial charge in [-0.05, 0) is 30.5 Å². The van der Waals surface area contributed by atoms with Crippen LogP contribution in [0, 0.1) is 5.82 Å². The van der Waals surface area contributed by atoms with Crippen LogP contribution in [0.3, 0.4) is 0 Å². The number of methoxy groups -OCH3 is 1. The van der Waals surface area contributed by atoms with Crippen LogP contribution >= 0.6 is 0 Å². The summed E-state index contributed by atoms with van der Waals surface area (Å²) in [6.07, 6.45) is 6.24.